The van der Waals surface area contributed by atoms with E-state index in [0.717, 1.165) is 35.4 Å². The SMILES string of the molecule is CCCN1CCOC(C(=O)Cc2cc(Br)cs2)C1. The van der Waals surface area contributed by atoms with Crippen molar-refractivity contribution in [3.8, 4) is 0 Å². The number of carbonyl (C=O) groups is 1. The lowest BCUT2D eigenvalue weighted by Crippen LogP contribution is -2.46. The summed E-state index contributed by atoms with van der Waals surface area (Å²) in [6, 6.07) is 2.01. The number of Topliss-reactive ketones (excluding diaryl/α,β-unsaturated/α-hetero) is 1. The summed E-state index contributed by atoms with van der Waals surface area (Å²) in [6.07, 6.45) is 1.37. The van der Waals surface area contributed by atoms with Crippen LogP contribution in [0.25, 0.3) is 0 Å². The van der Waals surface area contributed by atoms with Gasteiger partial charge in [-0.05, 0) is 35.0 Å². The lowest BCUT2D eigenvalue weighted by atomic mass is 10.1. The predicted octanol–water partition coefficient (Wildman–Crippen LogP) is 2.73. The van der Waals surface area contributed by atoms with Gasteiger partial charge in [-0.25, -0.2) is 0 Å². The number of rotatable bonds is 5. The van der Waals surface area contributed by atoms with E-state index in [4.69, 9.17) is 4.74 Å². The van der Waals surface area contributed by atoms with Crippen LogP contribution in [0, 0.1) is 0 Å². The largest absolute Gasteiger partial charge is 0.368 e. The van der Waals surface area contributed by atoms with Crippen molar-refractivity contribution in [2.45, 2.75) is 25.9 Å². The number of thiophene rings is 1. The van der Waals surface area contributed by atoms with Crippen LogP contribution in [0.15, 0.2) is 15.9 Å². The Morgan fingerprint density at radius 1 is 1.67 bits per heavy atom. The predicted molar refractivity (Wildman–Crippen MR) is 77.2 cm³/mol. The molecule has 5 heteroatoms. The van der Waals surface area contributed by atoms with Crippen LogP contribution in [-0.2, 0) is 16.0 Å². The molecule has 100 valence electrons. The first-order valence-corrected chi connectivity index (χ1v) is 7.96. The third-order valence-electron chi connectivity index (χ3n) is 3.02. The van der Waals surface area contributed by atoms with Crippen LogP contribution >= 0.6 is 27.3 Å². The molecule has 0 amide bonds. The number of hydrogen-bond donors (Lipinski definition) is 0. The molecule has 0 spiro atoms. The molecule has 0 N–H and O–H groups in total. The maximum absolute atomic E-state index is 12.2. The first-order valence-electron chi connectivity index (χ1n) is 6.28. The van der Waals surface area contributed by atoms with Gasteiger partial charge in [0.1, 0.15) is 6.10 Å². The monoisotopic (exact) mass is 331 g/mol. The number of ether oxygens (including phenoxy) is 1. The lowest BCUT2D eigenvalue weighted by Gasteiger charge is -2.31. The van der Waals surface area contributed by atoms with Crippen LogP contribution in [0.4, 0.5) is 0 Å². The average molecular weight is 332 g/mol. The van der Waals surface area contributed by atoms with E-state index in [-0.39, 0.29) is 11.9 Å². The summed E-state index contributed by atoms with van der Waals surface area (Å²) >= 11 is 5.02. The molecule has 0 aromatic carbocycles. The summed E-state index contributed by atoms with van der Waals surface area (Å²) in [4.78, 5) is 15.6. The van der Waals surface area contributed by atoms with Crippen LogP contribution in [-0.4, -0.2) is 43.0 Å². The van der Waals surface area contributed by atoms with E-state index in [1.807, 2.05) is 11.4 Å². The number of morpholine rings is 1. The standard InChI is InChI=1S/C13H18BrNO2S/c1-2-3-15-4-5-17-13(8-15)12(16)7-11-6-10(14)9-18-11/h6,9,13H,2-5,7-8H2,1H3. The summed E-state index contributed by atoms with van der Waals surface area (Å²) in [6.45, 7) is 5.58. The normalized spacial score (nSPS) is 21.1. The van der Waals surface area contributed by atoms with Gasteiger partial charge in [-0.15, -0.1) is 11.3 Å². The summed E-state index contributed by atoms with van der Waals surface area (Å²) < 4.78 is 6.65. The van der Waals surface area contributed by atoms with Gasteiger partial charge in [0.25, 0.3) is 0 Å². The van der Waals surface area contributed by atoms with Crippen molar-refractivity contribution in [3.05, 3.63) is 20.8 Å². The second kappa shape index (κ2) is 6.80. The van der Waals surface area contributed by atoms with E-state index < -0.39 is 0 Å². The minimum Gasteiger partial charge on any atom is -0.368 e. The van der Waals surface area contributed by atoms with Gasteiger partial charge in [0.15, 0.2) is 5.78 Å². The van der Waals surface area contributed by atoms with Gasteiger partial charge in [0.2, 0.25) is 0 Å². The summed E-state index contributed by atoms with van der Waals surface area (Å²) in [5, 5.41) is 2.01. The van der Waals surface area contributed by atoms with Gasteiger partial charge in [-0.1, -0.05) is 6.92 Å². The first kappa shape index (κ1) is 14.2. The van der Waals surface area contributed by atoms with E-state index in [0.29, 0.717) is 13.0 Å². The summed E-state index contributed by atoms with van der Waals surface area (Å²) in [5.41, 5.74) is 0. The van der Waals surface area contributed by atoms with Crippen molar-refractivity contribution >= 4 is 33.0 Å². The van der Waals surface area contributed by atoms with Crippen LogP contribution in [0.2, 0.25) is 0 Å². The van der Waals surface area contributed by atoms with E-state index in [2.05, 4.69) is 27.8 Å². The Morgan fingerprint density at radius 2 is 2.50 bits per heavy atom. The molecule has 18 heavy (non-hydrogen) atoms. The number of ketones is 1. The fourth-order valence-corrected chi connectivity index (χ4v) is 3.61. The van der Waals surface area contributed by atoms with Crippen molar-refractivity contribution in [1.29, 1.82) is 0 Å². The molecular formula is C13H18BrNO2S. The number of halogens is 1. The first-order chi connectivity index (χ1) is 8.69. The zero-order chi connectivity index (χ0) is 13.0. The number of nitrogens with zero attached hydrogens (tertiary/aromatic N) is 1. The summed E-state index contributed by atoms with van der Waals surface area (Å²) in [7, 11) is 0. The zero-order valence-electron chi connectivity index (χ0n) is 10.5. The van der Waals surface area contributed by atoms with Gasteiger partial charge in [0.05, 0.1) is 6.61 Å². The van der Waals surface area contributed by atoms with E-state index in [9.17, 15) is 4.79 Å². The minimum atomic E-state index is -0.244. The number of hydrogen-bond acceptors (Lipinski definition) is 4. The zero-order valence-corrected chi connectivity index (χ0v) is 12.9. The molecule has 1 unspecified atom stereocenters. The Morgan fingerprint density at radius 3 is 3.17 bits per heavy atom. The fourth-order valence-electron chi connectivity index (χ4n) is 2.15. The van der Waals surface area contributed by atoms with Crippen molar-refractivity contribution < 1.29 is 9.53 Å². The van der Waals surface area contributed by atoms with Gasteiger partial charge < -0.3 is 4.74 Å². The van der Waals surface area contributed by atoms with Gasteiger partial charge in [-0.3, -0.25) is 9.69 Å². The molecule has 0 aliphatic carbocycles. The molecule has 1 aliphatic rings. The van der Waals surface area contributed by atoms with Gasteiger partial charge >= 0.3 is 0 Å². The molecule has 0 saturated carbocycles. The summed E-state index contributed by atoms with van der Waals surface area (Å²) in [5.74, 6) is 0.199. The van der Waals surface area contributed by atoms with Crippen LogP contribution in [0.5, 0.6) is 0 Å². The Labute approximate surface area is 120 Å². The van der Waals surface area contributed by atoms with E-state index in [1.165, 1.54) is 0 Å². The van der Waals surface area contributed by atoms with Crippen molar-refractivity contribution in [1.82, 2.24) is 4.90 Å². The molecule has 2 heterocycles. The third-order valence-corrected chi connectivity index (χ3v) is 4.72. The molecule has 1 atom stereocenters. The van der Waals surface area contributed by atoms with Gasteiger partial charge in [0, 0.05) is 34.2 Å². The Balaban J connectivity index is 1.88. The topological polar surface area (TPSA) is 29.5 Å². The van der Waals surface area contributed by atoms with E-state index >= 15 is 0 Å². The molecule has 0 bridgehead atoms. The molecule has 1 fully saturated rings. The second-order valence-electron chi connectivity index (χ2n) is 4.53. The highest BCUT2D eigenvalue weighted by Gasteiger charge is 2.26. The third kappa shape index (κ3) is 3.88. The van der Waals surface area contributed by atoms with Crippen LogP contribution in [0.1, 0.15) is 18.2 Å². The smallest absolute Gasteiger partial charge is 0.168 e. The Hall–Kier alpha value is -0.230. The molecular weight excluding hydrogens is 314 g/mol. The van der Waals surface area contributed by atoms with Crippen molar-refractivity contribution in [3.63, 3.8) is 0 Å². The van der Waals surface area contributed by atoms with Crippen LogP contribution in [0.3, 0.4) is 0 Å². The average Bonchev–Trinajstić information content (AvgIpc) is 2.75. The molecule has 1 aromatic rings. The highest BCUT2D eigenvalue weighted by Crippen LogP contribution is 2.21. The van der Waals surface area contributed by atoms with Crippen LogP contribution < -0.4 is 0 Å². The molecule has 2 rings (SSSR count). The molecule has 3 nitrogen and oxygen atoms in total. The Bertz CT molecular complexity index is 405. The fraction of sp³-hybridized carbons (Fsp3) is 0.615. The maximum Gasteiger partial charge on any atom is 0.168 e. The maximum atomic E-state index is 12.2. The highest BCUT2D eigenvalue weighted by atomic mass is 79.9. The van der Waals surface area contributed by atoms with Gasteiger partial charge in [-0.2, -0.15) is 0 Å². The quantitative estimate of drug-likeness (QED) is 0.830. The Kier molecular flexibility index (Phi) is 5.36. The number of carbonyl (C=O) groups excluding carboxylic acids is 1. The lowest BCUT2D eigenvalue weighted by molar-refractivity contribution is -0.135. The minimum absolute atomic E-state index is 0.199. The van der Waals surface area contributed by atoms with E-state index in [1.54, 1.807) is 11.3 Å². The van der Waals surface area contributed by atoms with Crippen molar-refractivity contribution in [2.24, 2.45) is 0 Å². The molecule has 1 aromatic heterocycles. The molecule has 0 radical (unpaired) electrons. The molecule has 1 saturated heterocycles. The second-order valence-corrected chi connectivity index (χ2v) is 6.45. The highest BCUT2D eigenvalue weighted by molar-refractivity contribution is 9.10. The van der Waals surface area contributed by atoms with Crippen molar-refractivity contribution in [2.75, 3.05) is 26.2 Å². The molecule has 1 aliphatic heterocycles.